The summed E-state index contributed by atoms with van der Waals surface area (Å²) in [4.78, 5) is 14.1. The Labute approximate surface area is 125 Å². The van der Waals surface area contributed by atoms with Gasteiger partial charge in [-0.1, -0.05) is 67.2 Å². The molecule has 0 atom stereocenters. The van der Waals surface area contributed by atoms with Crippen molar-refractivity contribution in [3.05, 3.63) is 84.1 Å². The molecule has 0 bridgehead atoms. The third-order valence-corrected chi connectivity index (χ3v) is 3.04. The molecule has 0 aliphatic carbocycles. The van der Waals surface area contributed by atoms with Crippen LogP contribution in [0.15, 0.2) is 72.9 Å². The maximum Gasteiger partial charge on any atom is 0.322 e. The van der Waals surface area contributed by atoms with E-state index in [4.69, 9.17) is 0 Å². The van der Waals surface area contributed by atoms with Crippen molar-refractivity contribution in [1.82, 2.24) is 10.2 Å². The third-order valence-electron chi connectivity index (χ3n) is 3.04. The van der Waals surface area contributed by atoms with Gasteiger partial charge in [0.05, 0.1) is 0 Å². The number of carbonyl (C=O) groups is 1. The molecule has 0 spiro atoms. The first kappa shape index (κ1) is 14.9. The van der Waals surface area contributed by atoms with Crippen molar-refractivity contribution in [2.24, 2.45) is 0 Å². The molecule has 2 aromatic carbocycles. The Kier molecular flexibility index (Phi) is 5.16. The van der Waals surface area contributed by atoms with Crippen LogP contribution in [0.5, 0.6) is 0 Å². The second kappa shape index (κ2) is 7.29. The predicted molar refractivity (Wildman–Crippen MR) is 85.5 cm³/mol. The molecule has 3 heteroatoms. The van der Waals surface area contributed by atoms with E-state index in [1.54, 1.807) is 11.8 Å². The summed E-state index contributed by atoms with van der Waals surface area (Å²) in [7, 11) is 0. The lowest BCUT2D eigenvalue weighted by atomic mass is 10.2. The minimum Gasteiger partial charge on any atom is -0.316 e. The van der Waals surface area contributed by atoms with Crippen molar-refractivity contribution < 1.29 is 4.79 Å². The van der Waals surface area contributed by atoms with Crippen LogP contribution in [0.3, 0.4) is 0 Å². The second-order valence-corrected chi connectivity index (χ2v) is 5.04. The van der Waals surface area contributed by atoms with E-state index in [0.717, 1.165) is 11.1 Å². The lowest BCUT2D eigenvalue weighted by Gasteiger charge is -2.23. The van der Waals surface area contributed by atoms with E-state index >= 15 is 0 Å². The molecule has 0 aliphatic rings. The molecule has 0 saturated carbocycles. The Morgan fingerprint density at radius 3 is 1.76 bits per heavy atom. The number of urea groups is 1. The molecule has 3 nitrogen and oxygen atoms in total. The first-order valence-electron chi connectivity index (χ1n) is 6.94. The van der Waals surface area contributed by atoms with Gasteiger partial charge in [-0.05, 0) is 18.1 Å². The largest absolute Gasteiger partial charge is 0.322 e. The molecule has 0 heterocycles. The van der Waals surface area contributed by atoms with Crippen LogP contribution in [0.2, 0.25) is 0 Å². The number of nitrogens with one attached hydrogen (secondary N) is 1. The molecule has 21 heavy (non-hydrogen) atoms. The molecule has 108 valence electrons. The van der Waals surface area contributed by atoms with Crippen LogP contribution >= 0.6 is 0 Å². The summed E-state index contributed by atoms with van der Waals surface area (Å²) in [6, 6.07) is 19.8. The molecule has 2 amide bonds. The topological polar surface area (TPSA) is 32.3 Å². The standard InChI is InChI=1S/C18H20N2O/c1-15(2)19-18(21)20(13-16-9-5-3-6-10-16)14-17-11-7-4-8-12-17/h3-12H,1,13-14H2,2H3,(H,19,21). The minimum atomic E-state index is -0.129. The van der Waals surface area contributed by atoms with E-state index in [0.29, 0.717) is 18.8 Å². The van der Waals surface area contributed by atoms with Crippen molar-refractivity contribution in [2.45, 2.75) is 20.0 Å². The molecular formula is C18H20N2O. The number of hydrogen-bond acceptors (Lipinski definition) is 1. The van der Waals surface area contributed by atoms with Gasteiger partial charge in [0.1, 0.15) is 0 Å². The summed E-state index contributed by atoms with van der Waals surface area (Å²) in [6.07, 6.45) is 0. The van der Waals surface area contributed by atoms with E-state index in [-0.39, 0.29) is 6.03 Å². The number of benzene rings is 2. The van der Waals surface area contributed by atoms with Gasteiger partial charge in [0, 0.05) is 18.8 Å². The van der Waals surface area contributed by atoms with Gasteiger partial charge < -0.3 is 10.2 Å². The van der Waals surface area contributed by atoms with Crippen LogP contribution in [0, 0.1) is 0 Å². The van der Waals surface area contributed by atoms with Crippen LogP contribution in [0.4, 0.5) is 4.79 Å². The highest BCUT2D eigenvalue weighted by atomic mass is 16.2. The summed E-state index contributed by atoms with van der Waals surface area (Å²) >= 11 is 0. The van der Waals surface area contributed by atoms with Gasteiger partial charge in [0.2, 0.25) is 0 Å². The van der Waals surface area contributed by atoms with Crippen LogP contribution in [0.1, 0.15) is 18.1 Å². The lowest BCUT2D eigenvalue weighted by Crippen LogP contribution is -2.38. The molecule has 0 aliphatic heterocycles. The summed E-state index contributed by atoms with van der Waals surface area (Å²) < 4.78 is 0. The molecule has 0 aromatic heterocycles. The predicted octanol–water partition coefficient (Wildman–Crippen LogP) is 3.93. The Hall–Kier alpha value is -2.55. The summed E-state index contributed by atoms with van der Waals surface area (Å²) in [6.45, 7) is 6.64. The van der Waals surface area contributed by atoms with Crippen LogP contribution in [0.25, 0.3) is 0 Å². The molecule has 2 aromatic rings. The fourth-order valence-corrected chi connectivity index (χ4v) is 2.07. The summed E-state index contributed by atoms with van der Waals surface area (Å²) in [5.41, 5.74) is 2.85. The first-order chi connectivity index (χ1) is 10.1. The van der Waals surface area contributed by atoms with Gasteiger partial charge in [-0.2, -0.15) is 0 Å². The van der Waals surface area contributed by atoms with Crippen molar-refractivity contribution >= 4 is 6.03 Å². The Balaban J connectivity index is 2.13. The quantitative estimate of drug-likeness (QED) is 0.884. The number of amides is 2. The average Bonchev–Trinajstić information content (AvgIpc) is 2.48. The van der Waals surface area contributed by atoms with Gasteiger partial charge in [0.25, 0.3) is 0 Å². The zero-order valence-corrected chi connectivity index (χ0v) is 12.3. The highest BCUT2D eigenvalue weighted by molar-refractivity contribution is 5.75. The highest BCUT2D eigenvalue weighted by Gasteiger charge is 2.14. The average molecular weight is 280 g/mol. The molecule has 1 N–H and O–H groups in total. The van der Waals surface area contributed by atoms with Crippen LogP contribution < -0.4 is 5.32 Å². The smallest absolute Gasteiger partial charge is 0.316 e. The van der Waals surface area contributed by atoms with Gasteiger partial charge in [0.15, 0.2) is 0 Å². The number of nitrogens with zero attached hydrogens (tertiary/aromatic N) is 1. The summed E-state index contributed by atoms with van der Waals surface area (Å²) in [5.74, 6) is 0. The third kappa shape index (κ3) is 4.80. The zero-order chi connectivity index (χ0) is 15.1. The number of allylic oxidation sites excluding steroid dienone is 1. The Morgan fingerprint density at radius 1 is 0.952 bits per heavy atom. The number of rotatable bonds is 5. The van der Waals surface area contributed by atoms with Gasteiger partial charge in [-0.15, -0.1) is 0 Å². The molecule has 0 unspecified atom stereocenters. The van der Waals surface area contributed by atoms with Crippen molar-refractivity contribution in [3.8, 4) is 0 Å². The highest BCUT2D eigenvalue weighted by Crippen LogP contribution is 2.10. The number of hydrogen-bond donors (Lipinski definition) is 1. The second-order valence-electron chi connectivity index (χ2n) is 5.04. The number of carbonyl (C=O) groups excluding carboxylic acids is 1. The zero-order valence-electron chi connectivity index (χ0n) is 12.3. The molecule has 0 fully saturated rings. The van der Waals surface area contributed by atoms with E-state index in [2.05, 4.69) is 11.9 Å². The normalized spacial score (nSPS) is 9.95. The molecular weight excluding hydrogens is 260 g/mol. The van der Waals surface area contributed by atoms with Crippen molar-refractivity contribution in [1.29, 1.82) is 0 Å². The van der Waals surface area contributed by atoms with Gasteiger partial charge in [-0.3, -0.25) is 0 Å². The van der Waals surface area contributed by atoms with Crippen LogP contribution in [-0.4, -0.2) is 10.9 Å². The fourth-order valence-electron chi connectivity index (χ4n) is 2.07. The van der Waals surface area contributed by atoms with Gasteiger partial charge in [-0.25, -0.2) is 4.79 Å². The van der Waals surface area contributed by atoms with E-state index in [1.807, 2.05) is 60.7 Å². The fraction of sp³-hybridized carbons (Fsp3) is 0.167. The Bertz CT molecular complexity index is 552. The maximum atomic E-state index is 12.3. The Morgan fingerprint density at radius 2 is 1.38 bits per heavy atom. The monoisotopic (exact) mass is 280 g/mol. The van der Waals surface area contributed by atoms with Crippen molar-refractivity contribution in [2.75, 3.05) is 0 Å². The van der Waals surface area contributed by atoms with E-state index in [1.165, 1.54) is 0 Å². The molecule has 2 rings (SSSR count). The van der Waals surface area contributed by atoms with E-state index in [9.17, 15) is 4.79 Å². The van der Waals surface area contributed by atoms with Crippen LogP contribution in [-0.2, 0) is 13.1 Å². The molecule has 0 saturated heterocycles. The molecule has 0 radical (unpaired) electrons. The minimum absolute atomic E-state index is 0.129. The first-order valence-corrected chi connectivity index (χ1v) is 6.94. The van der Waals surface area contributed by atoms with Crippen molar-refractivity contribution in [3.63, 3.8) is 0 Å². The summed E-state index contributed by atoms with van der Waals surface area (Å²) in [5, 5.41) is 2.78. The van der Waals surface area contributed by atoms with Gasteiger partial charge >= 0.3 is 6.03 Å². The maximum absolute atomic E-state index is 12.3. The SMILES string of the molecule is C=C(C)NC(=O)N(Cc1ccccc1)Cc1ccccc1. The lowest BCUT2D eigenvalue weighted by molar-refractivity contribution is 0.195. The van der Waals surface area contributed by atoms with E-state index < -0.39 is 0 Å².